The van der Waals surface area contributed by atoms with E-state index in [-0.39, 0.29) is 17.0 Å². The average molecular weight is 213 g/mol. The van der Waals surface area contributed by atoms with E-state index in [1.165, 1.54) is 12.4 Å². The second-order valence-electron chi connectivity index (χ2n) is 3.08. The first-order valence-electron chi connectivity index (χ1n) is 4.50. The molecule has 0 saturated heterocycles. The predicted molar refractivity (Wildman–Crippen MR) is 56.7 cm³/mol. The number of hydrogen-bond acceptors (Lipinski definition) is 4. The number of aromatic amines is 1. The fourth-order valence-electron chi connectivity index (χ4n) is 1.38. The maximum Gasteiger partial charge on any atom is 0.269 e. The Hall–Kier alpha value is -2.61. The van der Waals surface area contributed by atoms with E-state index >= 15 is 0 Å². The molecule has 1 aromatic carbocycles. The molecule has 5 nitrogen and oxygen atoms in total. The fraction of sp³-hybridized carbons (Fsp3) is 0. The Labute approximate surface area is 90.6 Å². The molecule has 0 fully saturated rings. The number of phenols is 1. The van der Waals surface area contributed by atoms with Crippen LogP contribution in [-0.4, -0.2) is 15.1 Å². The van der Waals surface area contributed by atoms with Crippen LogP contribution in [0.5, 0.6) is 5.75 Å². The fourth-order valence-corrected chi connectivity index (χ4v) is 1.38. The van der Waals surface area contributed by atoms with Crippen molar-refractivity contribution in [1.29, 1.82) is 5.26 Å². The lowest BCUT2D eigenvalue weighted by molar-refractivity contribution is 0.477. The summed E-state index contributed by atoms with van der Waals surface area (Å²) in [6.45, 7) is 0. The molecule has 2 N–H and O–H groups in total. The monoisotopic (exact) mass is 213 g/mol. The molecule has 0 saturated carbocycles. The van der Waals surface area contributed by atoms with Crippen LogP contribution in [-0.2, 0) is 0 Å². The summed E-state index contributed by atoms with van der Waals surface area (Å²) in [7, 11) is 0. The van der Waals surface area contributed by atoms with Crippen molar-refractivity contribution >= 4 is 0 Å². The highest BCUT2D eigenvalue weighted by Crippen LogP contribution is 2.27. The van der Waals surface area contributed by atoms with Crippen LogP contribution in [0.1, 0.15) is 5.56 Å². The molecule has 0 aliphatic rings. The molecule has 0 spiro atoms. The Kier molecular flexibility index (Phi) is 2.40. The van der Waals surface area contributed by atoms with E-state index in [0.29, 0.717) is 5.56 Å². The van der Waals surface area contributed by atoms with Gasteiger partial charge in [0.15, 0.2) is 0 Å². The van der Waals surface area contributed by atoms with Gasteiger partial charge >= 0.3 is 0 Å². The predicted octanol–water partition coefficient (Wildman–Crippen LogP) is 1.01. The molecule has 0 unspecified atom stereocenters. The van der Waals surface area contributed by atoms with E-state index in [4.69, 9.17) is 5.26 Å². The van der Waals surface area contributed by atoms with Gasteiger partial charge in [0, 0.05) is 5.56 Å². The lowest BCUT2D eigenvalue weighted by atomic mass is 10.1. The molecule has 78 valence electrons. The third kappa shape index (κ3) is 1.53. The molecule has 16 heavy (non-hydrogen) atoms. The molecular formula is C11H7N3O2. The summed E-state index contributed by atoms with van der Waals surface area (Å²) in [5, 5.41) is 18.5. The normalized spacial score (nSPS) is 9.69. The minimum absolute atomic E-state index is 0.0166. The van der Waals surface area contributed by atoms with Crippen LogP contribution in [0.3, 0.4) is 0 Å². The van der Waals surface area contributed by atoms with Gasteiger partial charge < -0.3 is 10.1 Å². The Bertz CT molecular complexity index is 626. The molecule has 0 amide bonds. The largest absolute Gasteiger partial charge is 0.507 e. The molecule has 1 heterocycles. The lowest BCUT2D eigenvalue weighted by Crippen LogP contribution is -2.12. The first-order chi connectivity index (χ1) is 7.74. The summed E-state index contributed by atoms with van der Waals surface area (Å²) >= 11 is 0. The minimum Gasteiger partial charge on any atom is -0.507 e. The zero-order chi connectivity index (χ0) is 11.5. The van der Waals surface area contributed by atoms with Crippen LogP contribution in [0, 0.1) is 11.3 Å². The Morgan fingerprint density at radius 2 is 2.12 bits per heavy atom. The maximum atomic E-state index is 11.4. The van der Waals surface area contributed by atoms with Gasteiger partial charge in [0.25, 0.3) is 5.56 Å². The van der Waals surface area contributed by atoms with Crippen molar-refractivity contribution in [2.45, 2.75) is 0 Å². The van der Waals surface area contributed by atoms with Crippen molar-refractivity contribution in [3.63, 3.8) is 0 Å². The van der Waals surface area contributed by atoms with Gasteiger partial charge in [0.1, 0.15) is 17.4 Å². The number of nitriles is 1. The number of aromatic hydroxyl groups is 1. The molecule has 0 aliphatic carbocycles. The van der Waals surface area contributed by atoms with Crippen LogP contribution < -0.4 is 5.56 Å². The quantitative estimate of drug-likeness (QED) is 0.739. The van der Waals surface area contributed by atoms with Crippen LogP contribution in [0.2, 0.25) is 0 Å². The van der Waals surface area contributed by atoms with Crippen LogP contribution in [0.25, 0.3) is 11.3 Å². The van der Waals surface area contributed by atoms with Gasteiger partial charge in [-0.25, -0.2) is 4.98 Å². The van der Waals surface area contributed by atoms with Gasteiger partial charge in [-0.1, -0.05) is 12.1 Å². The van der Waals surface area contributed by atoms with Crippen LogP contribution >= 0.6 is 0 Å². The number of phenolic OH excluding ortho intramolecular Hbond substituents is 1. The van der Waals surface area contributed by atoms with E-state index in [1.807, 2.05) is 0 Å². The Balaban J connectivity index is 2.76. The van der Waals surface area contributed by atoms with E-state index < -0.39 is 5.56 Å². The van der Waals surface area contributed by atoms with Crippen molar-refractivity contribution in [2.24, 2.45) is 0 Å². The molecule has 5 heteroatoms. The molecule has 0 bridgehead atoms. The highest BCUT2D eigenvalue weighted by Gasteiger charge is 2.12. The molecule has 2 rings (SSSR count). The molecule has 0 atom stereocenters. The molecule has 2 aromatic rings. The Morgan fingerprint density at radius 1 is 1.38 bits per heavy atom. The number of hydrogen-bond donors (Lipinski definition) is 2. The third-order valence-corrected chi connectivity index (χ3v) is 2.12. The number of nitrogens with one attached hydrogen (secondary N) is 1. The minimum atomic E-state index is -0.518. The molecular weight excluding hydrogens is 206 g/mol. The van der Waals surface area contributed by atoms with Gasteiger partial charge in [-0.15, -0.1) is 0 Å². The van der Waals surface area contributed by atoms with Crippen LogP contribution in [0.4, 0.5) is 0 Å². The second kappa shape index (κ2) is 3.87. The van der Waals surface area contributed by atoms with Crippen molar-refractivity contribution < 1.29 is 5.11 Å². The van der Waals surface area contributed by atoms with E-state index in [1.54, 1.807) is 24.3 Å². The summed E-state index contributed by atoms with van der Waals surface area (Å²) in [6.07, 6.45) is 1.20. The van der Waals surface area contributed by atoms with Crippen molar-refractivity contribution in [2.75, 3.05) is 0 Å². The number of H-pyrrole nitrogens is 1. The van der Waals surface area contributed by atoms with Gasteiger partial charge in [0.2, 0.25) is 0 Å². The average Bonchev–Trinajstić information content (AvgIpc) is 2.29. The summed E-state index contributed by atoms with van der Waals surface area (Å²) in [4.78, 5) is 17.6. The third-order valence-electron chi connectivity index (χ3n) is 2.12. The first kappa shape index (κ1) is 9.93. The summed E-state index contributed by atoms with van der Waals surface area (Å²) in [5.41, 5.74) is -0.0748. The zero-order valence-corrected chi connectivity index (χ0v) is 8.14. The number of nitrogens with zero attached hydrogens (tertiary/aromatic N) is 2. The molecule has 0 aliphatic heterocycles. The van der Waals surface area contributed by atoms with Crippen molar-refractivity contribution in [1.82, 2.24) is 9.97 Å². The van der Waals surface area contributed by atoms with Gasteiger partial charge in [-0.3, -0.25) is 4.79 Å². The van der Waals surface area contributed by atoms with Gasteiger partial charge in [-0.2, -0.15) is 5.26 Å². The molecule has 1 aromatic heterocycles. The lowest BCUT2D eigenvalue weighted by Gasteiger charge is -2.03. The van der Waals surface area contributed by atoms with Gasteiger partial charge in [0.05, 0.1) is 12.0 Å². The van der Waals surface area contributed by atoms with Crippen LogP contribution in [0.15, 0.2) is 35.4 Å². The van der Waals surface area contributed by atoms with Crippen molar-refractivity contribution in [3.8, 4) is 23.1 Å². The molecule has 0 radical (unpaired) electrons. The smallest absolute Gasteiger partial charge is 0.269 e. The SMILES string of the molecule is N#Cc1c(-c2ccccc2O)nc[nH]c1=O. The van der Waals surface area contributed by atoms with Gasteiger partial charge in [-0.05, 0) is 12.1 Å². The van der Waals surface area contributed by atoms with E-state index in [2.05, 4.69) is 9.97 Å². The highest BCUT2D eigenvalue weighted by atomic mass is 16.3. The topological polar surface area (TPSA) is 89.8 Å². The number of rotatable bonds is 1. The summed E-state index contributed by atoms with van der Waals surface area (Å²) in [6, 6.07) is 8.18. The standard InChI is InChI=1S/C11H7N3O2/c12-5-8-10(13-6-14-11(8)16)7-3-1-2-4-9(7)15/h1-4,6,15H,(H,13,14,16). The van der Waals surface area contributed by atoms with E-state index in [0.717, 1.165) is 0 Å². The number of benzene rings is 1. The zero-order valence-electron chi connectivity index (χ0n) is 8.14. The summed E-state index contributed by atoms with van der Waals surface area (Å²) in [5.74, 6) is -0.0166. The van der Waals surface area contributed by atoms with Crippen molar-refractivity contribution in [3.05, 3.63) is 46.5 Å². The van der Waals surface area contributed by atoms with E-state index in [9.17, 15) is 9.90 Å². The maximum absolute atomic E-state index is 11.4. The number of para-hydroxylation sites is 1. The second-order valence-corrected chi connectivity index (χ2v) is 3.08. The Morgan fingerprint density at radius 3 is 2.81 bits per heavy atom. The summed E-state index contributed by atoms with van der Waals surface area (Å²) < 4.78 is 0. The highest BCUT2D eigenvalue weighted by molar-refractivity contribution is 5.71. The first-order valence-corrected chi connectivity index (χ1v) is 4.50. The number of aromatic nitrogens is 2.